The van der Waals surface area contributed by atoms with Gasteiger partial charge in [0.05, 0.1) is 12.2 Å². The average molecular weight is 535 g/mol. The van der Waals surface area contributed by atoms with Crippen LogP contribution in [0, 0.1) is 0 Å². The lowest BCUT2D eigenvalue weighted by Gasteiger charge is -2.49. The summed E-state index contributed by atoms with van der Waals surface area (Å²) in [5.74, 6) is -1.43. The molecule has 0 aliphatic carbocycles. The summed E-state index contributed by atoms with van der Waals surface area (Å²) in [6, 6.07) is 0. The maximum absolute atomic E-state index is 6.96. The maximum atomic E-state index is 6.96. The van der Waals surface area contributed by atoms with E-state index in [9.17, 15) is 0 Å². The number of fused-ring (bicyclic) bond motifs is 2. The van der Waals surface area contributed by atoms with Gasteiger partial charge in [0, 0.05) is 0 Å². The van der Waals surface area contributed by atoms with Crippen molar-refractivity contribution in [2.24, 2.45) is 0 Å². The van der Waals surface area contributed by atoms with Gasteiger partial charge in [0.2, 0.25) is 0 Å². The van der Waals surface area contributed by atoms with Gasteiger partial charge in [-0.05, 0) is 65.9 Å². The molecule has 0 aromatic carbocycles. The molecule has 4 heterocycles. The molecule has 4 saturated heterocycles. The third-order valence-electron chi connectivity index (χ3n) is 7.89. The molecule has 0 radical (unpaired) electrons. The fourth-order valence-corrected chi connectivity index (χ4v) is 7.20. The van der Waals surface area contributed by atoms with Gasteiger partial charge in [0.1, 0.15) is 42.1 Å². The van der Waals surface area contributed by atoms with Crippen LogP contribution in [0.2, 0.25) is 18.1 Å². The first-order chi connectivity index (χ1) is 15.9. The third-order valence-corrected chi connectivity index (χ3v) is 13.2. The molecule has 4 rings (SSSR count). The predicted octanol–water partition coefficient (Wildman–Crippen LogP) is 4.65. The Balaban J connectivity index is 1.65. The van der Waals surface area contributed by atoms with Crippen LogP contribution in [-0.4, -0.2) is 86.7 Å². The highest BCUT2D eigenvalue weighted by Gasteiger charge is 2.60. The lowest BCUT2D eigenvalue weighted by atomic mass is 9.98. The van der Waals surface area contributed by atoms with E-state index >= 15 is 0 Å². The molecule has 4 fully saturated rings. The van der Waals surface area contributed by atoms with E-state index in [0.29, 0.717) is 0 Å². The van der Waals surface area contributed by atoms with E-state index in [1.807, 2.05) is 47.8 Å². The molecule has 4 aliphatic rings. The molecule has 0 bridgehead atoms. The largest absolute Gasteiger partial charge is 0.406 e. The molecule has 10 atom stereocenters. The number of hydrogen-bond donors (Lipinski definition) is 0. The molecule has 204 valence electrons. The van der Waals surface area contributed by atoms with Crippen LogP contribution >= 0.6 is 11.8 Å². The number of rotatable bonds is 5. The van der Waals surface area contributed by atoms with Gasteiger partial charge in [-0.1, -0.05) is 20.8 Å². The second-order valence-corrected chi connectivity index (χ2v) is 18.4. The van der Waals surface area contributed by atoms with Crippen molar-refractivity contribution < 1.29 is 37.6 Å². The van der Waals surface area contributed by atoms with Crippen molar-refractivity contribution in [2.45, 2.75) is 153 Å². The van der Waals surface area contributed by atoms with E-state index in [1.165, 1.54) is 0 Å². The van der Waals surface area contributed by atoms with Crippen LogP contribution in [0.1, 0.15) is 62.3 Å². The molecule has 0 amide bonds. The van der Waals surface area contributed by atoms with Crippen molar-refractivity contribution in [3.63, 3.8) is 0 Å². The van der Waals surface area contributed by atoms with E-state index in [-0.39, 0.29) is 47.1 Å². The average Bonchev–Trinajstić information content (AvgIpc) is 3.21. The van der Waals surface area contributed by atoms with Crippen LogP contribution in [0.15, 0.2) is 0 Å². The molecule has 0 spiro atoms. The Morgan fingerprint density at radius 2 is 1.20 bits per heavy atom. The van der Waals surface area contributed by atoms with Crippen LogP contribution in [-0.2, 0) is 37.6 Å². The Kier molecular flexibility index (Phi) is 7.64. The lowest BCUT2D eigenvalue weighted by Crippen LogP contribution is -2.63. The van der Waals surface area contributed by atoms with Gasteiger partial charge in [0.15, 0.2) is 26.2 Å². The van der Waals surface area contributed by atoms with E-state index < -0.39 is 38.4 Å². The Morgan fingerprint density at radius 3 is 1.69 bits per heavy atom. The Bertz CT molecular complexity index is 771. The first-order valence-corrected chi connectivity index (χ1v) is 17.0. The molecular weight excluding hydrogens is 488 g/mol. The highest BCUT2D eigenvalue weighted by Crippen LogP contribution is 2.46. The van der Waals surface area contributed by atoms with Gasteiger partial charge < -0.3 is 37.6 Å². The van der Waals surface area contributed by atoms with Gasteiger partial charge in [-0.3, -0.25) is 0 Å². The van der Waals surface area contributed by atoms with Crippen LogP contribution in [0.3, 0.4) is 0 Å². The molecule has 0 aromatic rings. The summed E-state index contributed by atoms with van der Waals surface area (Å²) in [4.78, 5) is 0. The minimum atomic E-state index is -2.20. The van der Waals surface area contributed by atoms with Crippen molar-refractivity contribution in [3.05, 3.63) is 0 Å². The van der Waals surface area contributed by atoms with Crippen LogP contribution in [0.5, 0.6) is 0 Å². The third kappa shape index (κ3) is 5.53. The second-order valence-electron chi connectivity index (χ2n) is 12.7. The predicted molar refractivity (Wildman–Crippen MR) is 137 cm³/mol. The first-order valence-electron chi connectivity index (χ1n) is 12.8. The topological polar surface area (TPSA) is 73.8 Å². The summed E-state index contributed by atoms with van der Waals surface area (Å²) in [6.45, 7) is 22.9. The van der Waals surface area contributed by atoms with Crippen molar-refractivity contribution >= 4 is 20.1 Å². The molecule has 10 heteroatoms. The summed E-state index contributed by atoms with van der Waals surface area (Å²) >= 11 is 1.61. The fourth-order valence-electron chi connectivity index (χ4n) is 5.15. The highest BCUT2D eigenvalue weighted by atomic mass is 32.2. The van der Waals surface area contributed by atoms with Gasteiger partial charge in [-0.15, -0.1) is 11.8 Å². The fraction of sp³-hybridized carbons (Fsp3) is 1.00. The minimum Gasteiger partial charge on any atom is -0.406 e. The van der Waals surface area contributed by atoms with Gasteiger partial charge in [-0.2, -0.15) is 0 Å². The molecule has 0 aromatic heterocycles. The molecule has 35 heavy (non-hydrogen) atoms. The van der Waals surface area contributed by atoms with Gasteiger partial charge >= 0.3 is 0 Å². The first kappa shape index (κ1) is 28.3. The normalized spacial score (nSPS) is 45.3. The number of hydrogen-bond acceptors (Lipinski definition) is 9. The summed E-state index contributed by atoms with van der Waals surface area (Å²) in [7, 11) is -2.20. The Morgan fingerprint density at radius 1 is 0.743 bits per heavy atom. The standard InChI is InChI=1S/C25H46O8SSi/c1-13-15-17(31-24(6,7)29-15)19(33-35(11,12)23(3,4)5)21(26-13)28-20-18-16(30-25(8,9)32-18)14(2)27-22(20)34-10/h13-22H,1-12H3/t13-,14-,15+,16+,17+,18+,19-,20-,21+,22+/m0/s1. The van der Waals surface area contributed by atoms with E-state index in [2.05, 4.69) is 33.9 Å². The van der Waals surface area contributed by atoms with Crippen LogP contribution in [0.4, 0.5) is 0 Å². The highest BCUT2D eigenvalue weighted by molar-refractivity contribution is 7.99. The molecular formula is C25H46O8SSi. The molecule has 4 aliphatic heterocycles. The quantitative estimate of drug-likeness (QED) is 0.468. The maximum Gasteiger partial charge on any atom is 0.192 e. The smallest absolute Gasteiger partial charge is 0.192 e. The minimum absolute atomic E-state index is 0.00774. The molecule has 8 nitrogen and oxygen atoms in total. The van der Waals surface area contributed by atoms with Crippen molar-refractivity contribution in [1.82, 2.24) is 0 Å². The van der Waals surface area contributed by atoms with Crippen molar-refractivity contribution in [2.75, 3.05) is 6.26 Å². The molecule has 0 N–H and O–H groups in total. The Hall–Kier alpha value is 0.247. The SMILES string of the molecule is CS[C@H]1O[C@@H](C)[C@H]2OC(C)(C)O[C@H]2[C@@H]1O[C@H]1O[C@@H](C)[C@H]2OC(C)(C)O[C@H]2[C@@H]1O[Si](C)(C)C(C)(C)C. The van der Waals surface area contributed by atoms with Crippen LogP contribution in [0.25, 0.3) is 0 Å². The van der Waals surface area contributed by atoms with Gasteiger partial charge in [0.25, 0.3) is 0 Å². The second kappa shape index (κ2) is 9.46. The number of thioether (sulfide) groups is 1. The summed E-state index contributed by atoms with van der Waals surface area (Å²) in [5.41, 5.74) is -0.230. The van der Waals surface area contributed by atoms with E-state index in [1.54, 1.807) is 11.8 Å². The van der Waals surface area contributed by atoms with Crippen molar-refractivity contribution in [1.29, 1.82) is 0 Å². The molecule has 0 saturated carbocycles. The van der Waals surface area contributed by atoms with E-state index in [0.717, 1.165) is 0 Å². The zero-order valence-corrected chi connectivity index (χ0v) is 25.3. The zero-order chi connectivity index (χ0) is 26.1. The monoisotopic (exact) mass is 534 g/mol. The zero-order valence-electron chi connectivity index (χ0n) is 23.4. The Labute approximate surface area is 216 Å². The summed E-state index contributed by atoms with van der Waals surface area (Å²) < 4.78 is 51.8. The molecule has 0 unspecified atom stereocenters. The van der Waals surface area contributed by atoms with E-state index in [4.69, 9.17) is 37.6 Å². The van der Waals surface area contributed by atoms with Crippen LogP contribution < -0.4 is 0 Å². The van der Waals surface area contributed by atoms with Crippen molar-refractivity contribution in [3.8, 4) is 0 Å². The summed E-state index contributed by atoms with van der Waals surface area (Å²) in [5, 5.41) is 0.00774. The number of ether oxygens (including phenoxy) is 7. The summed E-state index contributed by atoms with van der Waals surface area (Å²) in [6.07, 6.45) is -0.884. The van der Waals surface area contributed by atoms with Gasteiger partial charge in [-0.25, -0.2) is 0 Å². The lowest BCUT2D eigenvalue weighted by molar-refractivity contribution is -0.308.